The number of benzene rings is 1. The highest BCUT2D eigenvalue weighted by Crippen LogP contribution is 2.11. The maximum Gasteiger partial charge on any atom is 0.272 e. The van der Waals surface area contributed by atoms with E-state index in [1.807, 2.05) is 24.3 Å². The Labute approximate surface area is 98.3 Å². The fourth-order valence-corrected chi connectivity index (χ4v) is 1.59. The Balaban J connectivity index is 2.19. The number of nitrogens with one attached hydrogen (secondary N) is 1. The van der Waals surface area contributed by atoms with Gasteiger partial charge in [0, 0.05) is 6.20 Å². The number of aromatic nitrogens is 2. The molecule has 0 aliphatic heterocycles. The molecular formula is C12H14N2O3. The maximum absolute atomic E-state index is 11.7. The summed E-state index contributed by atoms with van der Waals surface area (Å²) in [6.45, 7) is 0.202. The third-order valence-corrected chi connectivity index (χ3v) is 2.58. The molecule has 0 unspecified atom stereocenters. The zero-order valence-electron chi connectivity index (χ0n) is 9.51. The number of ether oxygens (including phenoxy) is 1. The van der Waals surface area contributed by atoms with E-state index >= 15 is 0 Å². The lowest BCUT2D eigenvalue weighted by molar-refractivity contribution is 0.280. The number of hydrogen-bond acceptors (Lipinski definition) is 3. The van der Waals surface area contributed by atoms with E-state index in [4.69, 9.17) is 9.84 Å². The van der Waals surface area contributed by atoms with Crippen LogP contribution in [-0.2, 0) is 13.2 Å². The van der Waals surface area contributed by atoms with Crippen LogP contribution in [0.4, 0.5) is 0 Å². The first kappa shape index (κ1) is 11.5. The minimum atomic E-state index is -0.245. The molecule has 0 fully saturated rings. The Morgan fingerprint density at radius 1 is 1.35 bits per heavy atom. The summed E-state index contributed by atoms with van der Waals surface area (Å²) in [7, 11) is 1.61. The number of aliphatic hydroxyl groups is 1. The highest BCUT2D eigenvalue weighted by atomic mass is 16.5. The van der Waals surface area contributed by atoms with E-state index in [1.165, 1.54) is 10.9 Å². The first-order valence-electron chi connectivity index (χ1n) is 5.25. The minimum absolute atomic E-state index is 0.191. The second-order valence-electron chi connectivity index (χ2n) is 3.70. The first-order chi connectivity index (χ1) is 8.24. The van der Waals surface area contributed by atoms with Crippen LogP contribution in [0.2, 0.25) is 0 Å². The van der Waals surface area contributed by atoms with Gasteiger partial charge in [-0.3, -0.25) is 4.79 Å². The second kappa shape index (κ2) is 4.88. The van der Waals surface area contributed by atoms with Gasteiger partial charge in [0.05, 0.1) is 25.8 Å². The number of rotatable bonds is 4. The second-order valence-corrected chi connectivity index (χ2v) is 3.70. The number of methoxy groups -OCH3 is 1. The van der Waals surface area contributed by atoms with Crippen LogP contribution in [0, 0.1) is 0 Å². The van der Waals surface area contributed by atoms with E-state index in [-0.39, 0.29) is 12.2 Å². The van der Waals surface area contributed by atoms with Gasteiger partial charge in [-0.05, 0) is 17.7 Å². The lowest BCUT2D eigenvalue weighted by Gasteiger charge is -2.03. The Hall–Kier alpha value is -2.01. The molecule has 2 rings (SSSR count). The van der Waals surface area contributed by atoms with Gasteiger partial charge in [0.1, 0.15) is 5.75 Å². The summed E-state index contributed by atoms with van der Waals surface area (Å²) in [5.41, 5.74) is 1.17. The molecule has 2 N–H and O–H groups in total. The van der Waals surface area contributed by atoms with Gasteiger partial charge in [-0.1, -0.05) is 12.1 Å². The molecule has 0 aliphatic rings. The van der Waals surface area contributed by atoms with Crippen molar-refractivity contribution < 1.29 is 9.84 Å². The van der Waals surface area contributed by atoms with Crippen LogP contribution in [0.3, 0.4) is 0 Å². The normalized spacial score (nSPS) is 10.5. The van der Waals surface area contributed by atoms with Gasteiger partial charge in [-0.2, -0.15) is 0 Å². The first-order valence-corrected chi connectivity index (χ1v) is 5.25. The van der Waals surface area contributed by atoms with Crippen molar-refractivity contribution in [3.8, 4) is 5.75 Å². The van der Waals surface area contributed by atoms with Crippen molar-refractivity contribution in [3.63, 3.8) is 0 Å². The Bertz CT molecular complexity index is 540. The van der Waals surface area contributed by atoms with Crippen molar-refractivity contribution in [1.29, 1.82) is 0 Å². The Kier molecular flexibility index (Phi) is 3.30. The third-order valence-electron chi connectivity index (χ3n) is 2.58. The molecule has 0 saturated carbocycles. The highest BCUT2D eigenvalue weighted by molar-refractivity contribution is 5.27. The number of H-pyrrole nitrogens is 1. The summed E-state index contributed by atoms with van der Waals surface area (Å²) in [5.74, 6) is 0.781. The predicted molar refractivity (Wildman–Crippen MR) is 63.1 cm³/mol. The van der Waals surface area contributed by atoms with Crippen molar-refractivity contribution in [2.24, 2.45) is 0 Å². The van der Waals surface area contributed by atoms with Gasteiger partial charge in [-0.25, -0.2) is 4.68 Å². The molecule has 0 spiro atoms. The van der Waals surface area contributed by atoms with Gasteiger partial charge >= 0.3 is 0 Å². The summed E-state index contributed by atoms with van der Waals surface area (Å²) in [5, 5.41) is 11.7. The lowest BCUT2D eigenvalue weighted by atomic mass is 10.2. The van der Waals surface area contributed by atoms with Crippen LogP contribution in [0.5, 0.6) is 5.75 Å². The summed E-state index contributed by atoms with van der Waals surface area (Å²) < 4.78 is 6.51. The summed E-state index contributed by atoms with van der Waals surface area (Å²) >= 11 is 0. The molecule has 0 amide bonds. The molecule has 1 aromatic heterocycles. The highest BCUT2D eigenvalue weighted by Gasteiger charge is 2.05. The van der Waals surface area contributed by atoms with E-state index in [1.54, 1.807) is 7.11 Å². The van der Waals surface area contributed by atoms with E-state index in [0.717, 1.165) is 11.3 Å². The molecule has 5 heteroatoms. The van der Waals surface area contributed by atoms with Gasteiger partial charge in [0.25, 0.3) is 5.56 Å². The average Bonchev–Trinajstić information content (AvgIpc) is 2.71. The summed E-state index contributed by atoms with van der Waals surface area (Å²) in [6.07, 6.45) is 1.52. The van der Waals surface area contributed by atoms with E-state index in [0.29, 0.717) is 12.1 Å². The molecule has 1 aromatic carbocycles. The topological polar surface area (TPSA) is 67.2 Å². The lowest BCUT2D eigenvalue weighted by Crippen LogP contribution is -2.19. The van der Waals surface area contributed by atoms with Crippen LogP contribution in [0.1, 0.15) is 11.1 Å². The smallest absolute Gasteiger partial charge is 0.272 e. The zero-order chi connectivity index (χ0) is 12.3. The number of aliphatic hydroxyl groups excluding tert-OH is 1. The number of hydrogen-bond donors (Lipinski definition) is 2. The SMILES string of the molecule is COc1ccc(Cn2[nH]cc(CO)c2=O)cc1. The fraction of sp³-hybridized carbons (Fsp3) is 0.250. The Morgan fingerprint density at radius 3 is 2.59 bits per heavy atom. The van der Waals surface area contributed by atoms with Crippen molar-refractivity contribution in [3.05, 3.63) is 51.9 Å². The number of nitrogens with zero attached hydrogens (tertiary/aromatic N) is 1. The van der Waals surface area contributed by atoms with E-state index in [2.05, 4.69) is 5.10 Å². The van der Waals surface area contributed by atoms with Crippen LogP contribution in [0.15, 0.2) is 35.3 Å². The Morgan fingerprint density at radius 2 is 2.06 bits per heavy atom. The van der Waals surface area contributed by atoms with Crippen LogP contribution < -0.4 is 10.3 Å². The molecule has 0 aliphatic carbocycles. The van der Waals surface area contributed by atoms with Gasteiger partial charge in [-0.15, -0.1) is 0 Å². The number of aromatic amines is 1. The molecule has 17 heavy (non-hydrogen) atoms. The fourth-order valence-electron chi connectivity index (χ4n) is 1.59. The van der Waals surface area contributed by atoms with Crippen molar-refractivity contribution in [2.75, 3.05) is 7.11 Å². The molecule has 0 radical (unpaired) electrons. The van der Waals surface area contributed by atoms with Crippen molar-refractivity contribution >= 4 is 0 Å². The van der Waals surface area contributed by atoms with Crippen LogP contribution >= 0.6 is 0 Å². The van der Waals surface area contributed by atoms with Crippen LogP contribution in [-0.4, -0.2) is 22.0 Å². The molecule has 90 valence electrons. The summed E-state index contributed by atoms with van der Waals surface area (Å²) in [6, 6.07) is 7.47. The molecule has 5 nitrogen and oxygen atoms in total. The third kappa shape index (κ3) is 2.39. The monoisotopic (exact) mass is 234 g/mol. The average molecular weight is 234 g/mol. The van der Waals surface area contributed by atoms with Gasteiger partial charge < -0.3 is 14.9 Å². The molecule has 0 atom stereocenters. The van der Waals surface area contributed by atoms with Gasteiger partial charge in [0.2, 0.25) is 0 Å². The minimum Gasteiger partial charge on any atom is -0.497 e. The molecule has 0 bridgehead atoms. The van der Waals surface area contributed by atoms with Crippen LogP contribution in [0.25, 0.3) is 0 Å². The molecule has 0 saturated heterocycles. The zero-order valence-corrected chi connectivity index (χ0v) is 9.51. The van der Waals surface area contributed by atoms with E-state index in [9.17, 15) is 4.79 Å². The van der Waals surface area contributed by atoms with E-state index < -0.39 is 0 Å². The summed E-state index contributed by atoms with van der Waals surface area (Å²) in [4.78, 5) is 11.7. The standard InChI is InChI=1S/C12H14N2O3/c1-17-11-4-2-9(3-5-11)7-14-12(16)10(8-15)6-13-14/h2-6,13,15H,7-8H2,1H3. The molecule has 1 heterocycles. The largest absolute Gasteiger partial charge is 0.497 e. The maximum atomic E-state index is 11.7. The molecular weight excluding hydrogens is 220 g/mol. The predicted octanol–water partition coefficient (Wildman–Crippen LogP) is 0.726. The molecule has 2 aromatic rings. The quantitative estimate of drug-likeness (QED) is 0.819. The van der Waals surface area contributed by atoms with Gasteiger partial charge in [0.15, 0.2) is 0 Å². The van der Waals surface area contributed by atoms with Crippen molar-refractivity contribution in [1.82, 2.24) is 9.78 Å². The van der Waals surface area contributed by atoms with Crippen molar-refractivity contribution in [2.45, 2.75) is 13.2 Å².